The van der Waals surface area contributed by atoms with Crippen LogP contribution in [-0.4, -0.2) is 21.9 Å². The zero-order valence-corrected chi connectivity index (χ0v) is 13.3. The van der Waals surface area contributed by atoms with Crippen molar-refractivity contribution in [2.24, 2.45) is 7.05 Å². The monoisotopic (exact) mass is 304 g/mol. The van der Waals surface area contributed by atoms with Crippen molar-refractivity contribution in [2.75, 3.05) is 6.54 Å². The molecule has 4 rings (SSSR count). The van der Waals surface area contributed by atoms with Crippen molar-refractivity contribution in [1.29, 1.82) is 0 Å². The maximum atomic E-state index is 12.7. The lowest BCUT2D eigenvalue weighted by atomic mass is 9.99. The van der Waals surface area contributed by atoms with E-state index in [1.54, 1.807) is 0 Å². The third-order valence-corrected chi connectivity index (χ3v) is 4.80. The molecule has 2 aromatic carbocycles. The molecular formula is C20H20N2O. The number of nitrogens with zero attached hydrogens (tertiary/aromatic N) is 2. The van der Waals surface area contributed by atoms with Crippen LogP contribution in [0.2, 0.25) is 0 Å². The Morgan fingerprint density at radius 1 is 1.04 bits per heavy atom. The third-order valence-electron chi connectivity index (χ3n) is 4.80. The van der Waals surface area contributed by atoms with E-state index in [1.807, 2.05) is 24.1 Å². The minimum Gasteiger partial charge on any atom is -0.350 e. The van der Waals surface area contributed by atoms with Gasteiger partial charge >= 0.3 is 0 Å². The predicted molar refractivity (Wildman–Crippen MR) is 92.2 cm³/mol. The average molecular weight is 304 g/mol. The molecule has 1 aliphatic heterocycles. The molecule has 0 radical (unpaired) electrons. The molecule has 3 nitrogen and oxygen atoms in total. The number of hydrogen-bond acceptors (Lipinski definition) is 1. The Morgan fingerprint density at radius 3 is 2.65 bits per heavy atom. The number of carbonyl (C=O) groups is 1. The maximum absolute atomic E-state index is 12.7. The van der Waals surface area contributed by atoms with Gasteiger partial charge in [-0.1, -0.05) is 42.5 Å². The smallest absolute Gasteiger partial charge is 0.227 e. The van der Waals surface area contributed by atoms with E-state index >= 15 is 0 Å². The van der Waals surface area contributed by atoms with Gasteiger partial charge in [-0.05, 0) is 29.2 Å². The van der Waals surface area contributed by atoms with Crippen molar-refractivity contribution in [1.82, 2.24) is 9.47 Å². The van der Waals surface area contributed by atoms with E-state index in [9.17, 15) is 4.79 Å². The van der Waals surface area contributed by atoms with Crippen LogP contribution in [0.25, 0.3) is 10.9 Å². The highest BCUT2D eigenvalue weighted by atomic mass is 16.2. The Balaban J connectivity index is 1.56. The van der Waals surface area contributed by atoms with Gasteiger partial charge in [-0.3, -0.25) is 4.79 Å². The van der Waals surface area contributed by atoms with Crippen molar-refractivity contribution in [3.8, 4) is 0 Å². The number of benzene rings is 2. The summed E-state index contributed by atoms with van der Waals surface area (Å²) in [6.07, 6.45) is 3.52. The van der Waals surface area contributed by atoms with Gasteiger partial charge < -0.3 is 9.47 Å². The van der Waals surface area contributed by atoms with E-state index in [1.165, 1.54) is 22.0 Å². The third kappa shape index (κ3) is 2.52. The van der Waals surface area contributed by atoms with Crippen LogP contribution >= 0.6 is 0 Å². The van der Waals surface area contributed by atoms with Gasteiger partial charge in [0.1, 0.15) is 0 Å². The predicted octanol–water partition coefficient (Wildman–Crippen LogP) is 3.31. The average Bonchev–Trinajstić information content (AvgIpc) is 2.91. The van der Waals surface area contributed by atoms with Crippen molar-refractivity contribution in [2.45, 2.75) is 19.4 Å². The molecule has 0 spiro atoms. The van der Waals surface area contributed by atoms with E-state index in [2.05, 4.69) is 47.2 Å². The second-order valence-corrected chi connectivity index (χ2v) is 6.29. The number of amides is 1. The topological polar surface area (TPSA) is 25.2 Å². The maximum Gasteiger partial charge on any atom is 0.227 e. The fourth-order valence-electron chi connectivity index (χ4n) is 3.55. The van der Waals surface area contributed by atoms with Crippen LogP contribution in [0, 0.1) is 0 Å². The summed E-state index contributed by atoms with van der Waals surface area (Å²) in [7, 11) is 2.04. The summed E-state index contributed by atoms with van der Waals surface area (Å²) in [5.74, 6) is 0.218. The zero-order chi connectivity index (χ0) is 15.8. The molecule has 3 heteroatoms. The van der Waals surface area contributed by atoms with Gasteiger partial charge in [0, 0.05) is 37.2 Å². The minimum absolute atomic E-state index is 0.218. The molecule has 0 saturated carbocycles. The molecule has 0 bridgehead atoms. The second kappa shape index (κ2) is 5.58. The second-order valence-electron chi connectivity index (χ2n) is 6.29. The Labute approximate surface area is 136 Å². The molecule has 1 aliphatic rings. The highest BCUT2D eigenvalue weighted by Crippen LogP contribution is 2.23. The number of para-hydroxylation sites is 1. The molecular weight excluding hydrogens is 284 g/mol. The molecule has 0 fully saturated rings. The van der Waals surface area contributed by atoms with E-state index in [4.69, 9.17) is 0 Å². The van der Waals surface area contributed by atoms with Crippen LogP contribution in [-0.2, 0) is 31.2 Å². The van der Waals surface area contributed by atoms with Gasteiger partial charge in [-0.25, -0.2) is 0 Å². The summed E-state index contributed by atoms with van der Waals surface area (Å²) in [4.78, 5) is 14.7. The first-order chi connectivity index (χ1) is 11.2. The number of hydrogen-bond donors (Lipinski definition) is 0. The van der Waals surface area contributed by atoms with Gasteiger partial charge in [-0.15, -0.1) is 0 Å². The molecule has 0 unspecified atom stereocenters. The van der Waals surface area contributed by atoms with Crippen LogP contribution in [0.5, 0.6) is 0 Å². The fourth-order valence-corrected chi connectivity index (χ4v) is 3.55. The first kappa shape index (κ1) is 14.1. The van der Waals surface area contributed by atoms with Gasteiger partial charge in [0.25, 0.3) is 0 Å². The van der Waals surface area contributed by atoms with Gasteiger partial charge in [-0.2, -0.15) is 0 Å². The number of aryl methyl sites for hydroxylation is 1. The quantitative estimate of drug-likeness (QED) is 0.713. The summed E-state index contributed by atoms with van der Waals surface area (Å²) in [5, 5.41) is 1.18. The summed E-state index contributed by atoms with van der Waals surface area (Å²) in [5.41, 5.74) is 4.96. The Bertz CT molecular complexity index is 878. The number of carbonyl (C=O) groups excluding carboxylic acids is 1. The van der Waals surface area contributed by atoms with Crippen LogP contribution < -0.4 is 0 Å². The zero-order valence-electron chi connectivity index (χ0n) is 13.3. The molecule has 3 aromatic rings. The summed E-state index contributed by atoms with van der Waals surface area (Å²) >= 11 is 0. The van der Waals surface area contributed by atoms with Gasteiger partial charge in [0.2, 0.25) is 5.91 Å². The molecule has 0 aliphatic carbocycles. The first-order valence-corrected chi connectivity index (χ1v) is 8.10. The summed E-state index contributed by atoms with van der Waals surface area (Å²) in [6, 6.07) is 16.7. The highest BCUT2D eigenvalue weighted by Gasteiger charge is 2.21. The van der Waals surface area contributed by atoms with Crippen molar-refractivity contribution in [3.05, 3.63) is 71.4 Å². The lowest BCUT2D eigenvalue weighted by Gasteiger charge is -2.29. The standard InChI is InChI=1S/C20H20N2O/c1-21-13-17(18-8-4-5-9-19(18)21)12-20(23)22-11-10-15-6-2-3-7-16(15)14-22/h2-9,13H,10-12,14H2,1H3. The van der Waals surface area contributed by atoms with E-state index in [-0.39, 0.29) is 5.91 Å². The Kier molecular flexibility index (Phi) is 3.41. The lowest BCUT2D eigenvalue weighted by Crippen LogP contribution is -2.36. The van der Waals surface area contributed by atoms with Crippen LogP contribution in [0.1, 0.15) is 16.7 Å². The first-order valence-electron chi connectivity index (χ1n) is 8.10. The minimum atomic E-state index is 0.218. The molecule has 0 saturated heterocycles. The largest absolute Gasteiger partial charge is 0.350 e. The van der Waals surface area contributed by atoms with Crippen molar-refractivity contribution < 1.29 is 4.79 Å². The normalized spacial score (nSPS) is 14.0. The van der Waals surface area contributed by atoms with Gasteiger partial charge in [0.15, 0.2) is 0 Å². The SMILES string of the molecule is Cn1cc(CC(=O)N2CCc3ccccc3C2)c2ccccc21. The van der Waals surface area contributed by atoms with Crippen molar-refractivity contribution >= 4 is 16.8 Å². The molecule has 1 amide bonds. The van der Waals surface area contributed by atoms with Crippen LogP contribution in [0.3, 0.4) is 0 Å². The lowest BCUT2D eigenvalue weighted by molar-refractivity contribution is -0.131. The summed E-state index contributed by atoms with van der Waals surface area (Å²) < 4.78 is 2.10. The molecule has 23 heavy (non-hydrogen) atoms. The molecule has 0 atom stereocenters. The van der Waals surface area contributed by atoms with Crippen molar-refractivity contribution in [3.63, 3.8) is 0 Å². The molecule has 116 valence electrons. The fraction of sp³-hybridized carbons (Fsp3) is 0.250. The van der Waals surface area contributed by atoms with Gasteiger partial charge in [0.05, 0.1) is 6.42 Å². The number of fused-ring (bicyclic) bond motifs is 2. The molecule has 0 N–H and O–H groups in total. The Morgan fingerprint density at radius 2 is 1.78 bits per heavy atom. The Hall–Kier alpha value is -2.55. The number of rotatable bonds is 2. The summed E-state index contributed by atoms with van der Waals surface area (Å²) in [6.45, 7) is 1.56. The van der Waals surface area contributed by atoms with E-state index in [0.717, 1.165) is 25.1 Å². The molecule has 2 heterocycles. The number of aromatic nitrogens is 1. The van der Waals surface area contributed by atoms with E-state index in [0.29, 0.717) is 6.42 Å². The van der Waals surface area contributed by atoms with E-state index < -0.39 is 0 Å². The molecule has 1 aromatic heterocycles. The highest BCUT2D eigenvalue weighted by molar-refractivity contribution is 5.89. The van der Waals surface area contributed by atoms with Crippen LogP contribution in [0.4, 0.5) is 0 Å². The van der Waals surface area contributed by atoms with Crippen LogP contribution in [0.15, 0.2) is 54.7 Å².